The number of nitrogens with zero attached hydrogens (tertiary/aromatic N) is 2. The summed E-state index contributed by atoms with van der Waals surface area (Å²) in [5.74, 6) is -0.289. The van der Waals surface area contributed by atoms with Crippen LogP contribution in [0.25, 0.3) is 0 Å². The lowest BCUT2D eigenvalue weighted by molar-refractivity contribution is -0.112. The molecule has 6 rings (SSSR count). The van der Waals surface area contributed by atoms with E-state index in [-0.39, 0.29) is 5.78 Å². The van der Waals surface area contributed by atoms with Gasteiger partial charge < -0.3 is 10.6 Å². The molecule has 0 unspecified atom stereocenters. The monoisotopic (exact) mass is 534 g/mol. The number of halogens is 2. The first-order valence-electron chi connectivity index (χ1n) is 11.9. The molecule has 0 spiro atoms. The Morgan fingerprint density at radius 2 is 1.00 bits per heavy atom. The maximum absolute atomic E-state index is 13.8. The summed E-state index contributed by atoms with van der Waals surface area (Å²) in [6.07, 6.45) is 3.10. The number of rotatable bonds is 4. The Hall–Kier alpha value is -4.45. The Labute approximate surface area is 229 Å². The minimum Gasteiger partial charge on any atom is -0.350 e. The van der Waals surface area contributed by atoms with E-state index in [4.69, 9.17) is 33.2 Å². The number of fused-ring (bicyclic) bond motifs is 2. The Kier molecular flexibility index (Phi) is 6.38. The summed E-state index contributed by atoms with van der Waals surface area (Å²) in [5.41, 5.74) is 6.91. The van der Waals surface area contributed by atoms with Gasteiger partial charge in [0.15, 0.2) is 0 Å². The molecule has 2 aliphatic heterocycles. The van der Waals surface area contributed by atoms with Crippen LogP contribution >= 0.6 is 23.2 Å². The van der Waals surface area contributed by atoms with Crippen molar-refractivity contribution in [1.29, 1.82) is 0 Å². The number of nitrogens with one attached hydrogen (secondary N) is 2. The van der Waals surface area contributed by atoms with Gasteiger partial charge in [-0.2, -0.15) is 0 Å². The standard InChI is InChI=1S/C31H20Cl2N4O/c32-21-11-13-25-23(15-21)29(19-7-3-1-4-8-19)34-17-27(36-25)31(38)28-18-35-30(20-9-5-2-6-10-20)24-16-22(33)12-14-26(24)37-28/h1-18,36-37H. The molecule has 0 aromatic heterocycles. The Morgan fingerprint density at radius 3 is 1.42 bits per heavy atom. The molecule has 2 aliphatic rings. The number of ketones is 1. The van der Waals surface area contributed by atoms with Crippen LogP contribution in [-0.2, 0) is 4.79 Å². The number of anilines is 2. The summed E-state index contributed by atoms with van der Waals surface area (Å²) in [7, 11) is 0. The van der Waals surface area contributed by atoms with E-state index in [9.17, 15) is 4.79 Å². The molecule has 0 fully saturated rings. The van der Waals surface area contributed by atoms with Crippen molar-refractivity contribution in [2.45, 2.75) is 0 Å². The molecule has 2 heterocycles. The normalized spacial score (nSPS) is 14.2. The molecule has 4 aromatic rings. The van der Waals surface area contributed by atoms with Gasteiger partial charge in [0.1, 0.15) is 11.4 Å². The largest absolute Gasteiger partial charge is 0.350 e. The number of Topliss-reactive ketones (excluding diaryl/α,β-unsaturated/α-hetero) is 1. The number of hydrogen-bond donors (Lipinski definition) is 2. The van der Waals surface area contributed by atoms with Gasteiger partial charge in [-0.15, -0.1) is 0 Å². The molecule has 0 saturated carbocycles. The van der Waals surface area contributed by atoms with E-state index >= 15 is 0 Å². The van der Waals surface area contributed by atoms with Gasteiger partial charge in [-0.1, -0.05) is 83.9 Å². The smallest absolute Gasteiger partial charge is 0.228 e. The van der Waals surface area contributed by atoms with Crippen molar-refractivity contribution in [3.05, 3.63) is 153 Å². The fourth-order valence-electron chi connectivity index (χ4n) is 4.42. The minimum absolute atomic E-state index is 0.289. The fourth-order valence-corrected chi connectivity index (χ4v) is 4.77. The number of aliphatic imine (C=N–C) groups is 2. The fraction of sp³-hybridized carbons (Fsp3) is 0. The molecule has 184 valence electrons. The summed E-state index contributed by atoms with van der Waals surface area (Å²) >= 11 is 12.7. The van der Waals surface area contributed by atoms with Gasteiger partial charge >= 0.3 is 0 Å². The van der Waals surface area contributed by atoms with Crippen LogP contribution in [0, 0.1) is 0 Å². The molecule has 0 bridgehead atoms. The van der Waals surface area contributed by atoms with Gasteiger partial charge in [-0.25, -0.2) is 0 Å². The summed E-state index contributed by atoms with van der Waals surface area (Å²) in [4.78, 5) is 23.3. The number of carbonyl (C=O) groups is 1. The quantitative estimate of drug-likeness (QED) is 0.285. The van der Waals surface area contributed by atoms with Crippen LogP contribution in [0.15, 0.2) is 131 Å². The molecule has 4 aromatic carbocycles. The van der Waals surface area contributed by atoms with Crippen LogP contribution in [-0.4, -0.2) is 17.2 Å². The molecule has 0 saturated heterocycles. The van der Waals surface area contributed by atoms with E-state index in [0.717, 1.165) is 33.6 Å². The molecule has 0 atom stereocenters. The molecular formula is C31H20Cl2N4O. The highest BCUT2D eigenvalue weighted by Gasteiger charge is 2.24. The maximum atomic E-state index is 13.8. The van der Waals surface area contributed by atoms with Crippen molar-refractivity contribution in [3.63, 3.8) is 0 Å². The van der Waals surface area contributed by atoms with Gasteiger partial charge in [-0.3, -0.25) is 14.8 Å². The summed E-state index contributed by atoms with van der Waals surface area (Å²) in [5, 5.41) is 7.69. The van der Waals surface area contributed by atoms with Crippen LogP contribution in [0.2, 0.25) is 10.0 Å². The third-order valence-electron chi connectivity index (χ3n) is 6.24. The summed E-state index contributed by atoms with van der Waals surface area (Å²) < 4.78 is 0. The predicted octanol–water partition coefficient (Wildman–Crippen LogP) is 7.47. The van der Waals surface area contributed by atoms with Crippen molar-refractivity contribution in [2.24, 2.45) is 9.98 Å². The average molecular weight is 535 g/mol. The zero-order valence-corrected chi connectivity index (χ0v) is 21.5. The van der Waals surface area contributed by atoms with Crippen LogP contribution in [0.4, 0.5) is 11.4 Å². The van der Waals surface area contributed by atoms with Crippen LogP contribution in [0.1, 0.15) is 22.3 Å². The lowest BCUT2D eigenvalue weighted by Gasteiger charge is -2.15. The lowest BCUT2D eigenvalue weighted by atomic mass is 10.0. The first-order valence-corrected chi connectivity index (χ1v) is 12.7. The number of carbonyl (C=O) groups excluding carboxylic acids is 1. The van der Waals surface area contributed by atoms with Crippen LogP contribution < -0.4 is 10.6 Å². The molecule has 5 nitrogen and oxygen atoms in total. The molecule has 0 aliphatic carbocycles. The van der Waals surface area contributed by atoms with Gasteiger partial charge in [0.05, 0.1) is 23.8 Å². The molecule has 2 N–H and O–H groups in total. The third-order valence-corrected chi connectivity index (χ3v) is 6.71. The summed E-state index contributed by atoms with van der Waals surface area (Å²) in [6, 6.07) is 30.5. The van der Waals surface area contributed by atoms with E-state index in [1.165, 1.54) is 0 Å². The number of benzene rings is 4. The van der Waals surface area contributed by atoms with Crippen molar-refractivity contribution < 1.29 is 4.79 Å². The first kappa shape index (κ1) is 23.9. The Morgan fingerprint density at radius 1 is 0.579 bits per heavy atom. The summed E-state index contributed by atoms with van der Waals surface area (Å²) in [6.45, 7) is 0. The molecule has 0 radical (unpaired) electrons. The highest BCUT2D eigenvalue weighted by atomic mass is 35.5. The van der Waals surface area contributed by atoms with E-state index in [1.54, 1.807) is 24.5 Å². The molecule has 7 heteroatoms. The minimum atomic E-state index is -0.289. The van der Waals surface area contributed by atoms with Crippen molar-refractivity contribution in [2.75, 3.05) is 10.6 Å². The highest BCUT2D eigenvalue weighted by molar-refractivity contribution is 6.32. The lowest BCUT2D eigenvalue weighted by Crippen LogP contribution is -2.19. The Balaban J connectivity index is 1.43. The number of hydrogen-bond acceptors (Lipinski definition) is 5. The molecule has 0 amide bonds. The average Bonchev–Trinajstić information content (AvgIpc) is 3.25. The van der Waals surface area contributed by atoms with Crippen molar-refractivity contribution in [1.82, 2.24) is 0 Å². The molecular weight excluding hydrogens is 515 g/mol. The van der Waals surface area contributed by atoms with Crippen molar-refractivity contribution >= 4 is 51.8 Å². The van der Waals surface area contributed by atoms with E-state index < -0.39 is 0 Å². The van der Waals surface area contributed by atoms with Gasteiger partial charge in [0, 0.05) is 43.7 Å². The molecule has 38 heavy (non-hydrogen) atoms. The highest BCUT2D eigenvalue weighted by Crippen LogP contribution is 2.31. The zero-order valence-electron chi connectivity index (χ0n) is 20.0. The Bertz CT molecular complexity index is 1560. The van der Waals surface area contributed by atoms with E-state index in [0.29, 0.717) is 32.9 Å². The zero-order chi connectivity index (χ0) is 26.1. The van der Waals surface area contributed by atoms with Gasteiger partial charge in [0.25, 0.3) is 0 Å². The SMILES string of the molecule is O=C(C1=CN=C(c2ccccc2)c2cc(Cl)ccc2N1)C1=CN=C(c2ccccc2)c2cc(Cl)ccc2N1. The third kappa shape index (κ3) is 4.65. The van der Waals surface area contributed by atoms with Crippen LogP contribution in [0.5, 0.6) is 0 Å². The van der Waals surface area contributed by atoms with E-state index in [1.807, 2.05) is 84.9 Å². The maximum Gasteiger partial charge on any atom is 0.228 e. The second kappa shape index (κ2) is 10.1. The first-order chi connectivity index (χ1) is 18.6. The second-order valence-electron chi connectivity index (χ2n) is 8.73. The van der Waals surface area contributed by atoms with Crippen LogP contribution in [0.3, 0.4) is 0 Å². The topological polar surface area (TPSA) is 65.8 Å². The van der Waals surface area contributed by atoms with Gasteiger partial charge in [0.2, 0.25) is 5.78 Å². The predicted molar refractivity (Wildman–Crippen MR) is 155 cm³/mol. The van der Waals surface area contributed by atoms with Crippen molar-refractivity contribution in [3.8, 4) is 0 Å². The van der Waals surface area contributed by atoms with E-state index in [2.05, 4.69) is 10.6 Å². The second-order valence-corrected chi connectivity index (χ2v) is 9.60. The van der Waals surface area contributed by atoms with Gasteiger partial charge in [-0.05, 0) is 36.4 Å².